The molecule has 0 spiro atoms. The Hall–Kier alpha value is -1.89. The molecule has 1 unspecified atom stereocenters. The van der Waals surface area contributed by atoms with E-state index in [-0.39, 0.29) is 22.7 Å². The van der Waals surface area contributed by atoms with Crippen LogP contribution in [-0.4, -0.2) is 63.0 Å². The number of aliphatic hydroxyl groups is 1. The van der Waals surface area contributed by atoms with Gasteiger partial charge >= 0.3 is 15.2 Å². The molecule has 0 aliphatic carbocycles. The topological polar surface area (TPSA) is 234 Å². The molecular weight excluding hydrogens is 408 g/mol. The molecule has 2 heterocycles. The molecule has 8 N–H and O–H groups in total. The Morgan fingerprint density at radius 1 is 1.33 bits per heavy atom. The lowest BCUT2D eigenvalue weighted by Gasteiger charge is -2.23. The van der Waals surface area contributed by atoms with Crippen molar-refractivity contribution < 1.29 is 38.5 Å². The molecule has 16 heteroatoms. The molecule has 0 amide bonds. The number of fused-ring (bicyclic) bond motifs is 1. The third-order valence-corrected chi connectivity index (χ3v) is 6.68. The van der Waals surface area contributed by atoms with E-state index in [2.05, 4.69) is 26.3 Å². The van der Waals surface area contributed by atoms with Gasteiger partial charge in [-0.25, -0.2) is 4.98 Å². The molecule has 150 valence electrons. The first-order chi connectivity index (χ1) is 12.4. The Balaban J connectivity index is 2.31. The average molecular weight is 425 g/mol. The number of H-pyrrole nitrogens is 1. The number of imidazole rings is 1. The zero-order valence-electron chi connectivity index (χ0n) is 13.5. The van der Waals surface area contributed by atoms with Gasteiger partial charge in [-0.2, -0.15) is 4.98 Å². The molecule has 27 heavy (non-hydrogen) atoms. The Morgan fingerprint density at radius 2 is 1.93 bits per heavy atom. The second-order valence-corrected chi connectivity index (χ2v) is 9.15. The fourth-order valence-corrected chi connectivity index (χ4v) is 4.36. The predicted molar refractivity (Wildman–Crippen MR) is 91.7 cm³/mol. The second-order valence-electron chi connectivity index (χ2n) is 5.45. The predicted octanol–water partition coefficient (Wildman–Crippen LogP) is -1.55. The summed E-state index contributed by atoms with van der Waals surface area (Å²) < 4.78 is 28.4. The lowest BCUT2D eigenvalue weighted by Crippen LogP contribution is -2.22. The summed E-state index contributed by atoms with van der Waals surface area (Å²) in [6.45, 7) is 2.25. The number of anilines is 1. The van der Waals surface area contributed by atoms with Crippen LogP contribution < -0.4 is 11.3 Å². The van der Waals surface area contributed by atoms with Crippen LogP contribution >= 0.6 is 15.2 Å². The van der Waals surface area contributed by atoms with Crippen LogP contribution in [0.3, 0.4) is 0 Å². The van der Waals surface area contributed by atoms with Gasteiger partial charge in [0.25, 0.3) is 11.1 Å². The Kier molecular flexibility index (Phi) is 6.04. The number of hydrogen-bond donors (Lipinski definition) is 7. The first kappa shape index (κ1) is 21.4. The Morgan fingerprint density at radius 3 is 2.44 bits per heavy atom. The average Bonchev–Trinajstić information content (AvgIpc) is 2.89. The van der Waals surface area contributed by atoms with Crippen molar-refractivity contribution in [1.82, 2.24) is 19.5 Å². The molecule has 0 radical (unpaired) electrons. The van der Waals surface area contributed by atoms with Crippen molar-refractivity contribution in [2.24, 2.45) is 0 Å². The first-order valence-electron chi connectivity index (χ1n) is 7.09. The highest BCUT2D eigenvalue weighted by molar-refractivity contribution is 7.70. The van der Waals surface area contributed by atoms with Crippen LogP contribution in [0.2, 0.25) is 0 Å². The fourth-order valence-electron chi connectivity index (χ4n) is 2.25. The minimum atomic E-state index is -5.29. The van der Waals surface area contributed by atoms with Gasteiger partial charge in [-0.3, -0.25) is 18.9 Å². The van der Waals surface area contributed by atoms with Crippen LogP contribution in [0, 0.1) is 0 Å². The highest BCUT2D eigenvalue weighted by Gasteiger charge is 2.44. The van der Waals surface area contributed by atoms with E-state index >= 15 is 0 Å². The summed E-state index contributed by atoms with van der Waals surface area (Å²) in [6.07, 6.45) is 1.15. The van der Waals surface area contributed by atoms with Gasteiger partial charge in [0.15, 0.2) is 11.2 Å². The van der Waals surface area contributed by atoms with Crippen molar-refractivity contribution in [1.29, 1.82) is 0 Å². The van der Waals surface area contributed by atoms with Gasteiger partial charge in [-0.05, 0) is 5.57 Å². The van der Waals surface area contributed by atoms with Crippen molar-refractivity contribution in [3.63, 3.8) is 0 Å². The number of rotatable bonds is 8. The summed E-state index contributed by atoms with van der Waals surface area (Å²) >= 11 is 0. The van der Waals surface area contributed by atoms with Crippen LogP contribution in [0.5, 0.6) is 0 Å². The van der Waals surface area contributed by atoms with E-state index in [1.54, 1.807) is 0 Å². The van der Waals surface area contributed by atoms with Gasteiger partial charge in [0, 0.05) is 0 Å². The third kappa shape index (κ3) is 4.69. The number of hydrogen-bond acceptors (Lipinski definition) is 8. The van der Waals surface area contributed by atoms with Crippen LogP contribution in [-0.2, 0) is 13.9 Å². The van der Waals surface area contributed by atoms with E-state index < -0.39 is 45.6 Å². The molecule has 2 aromatic heterocycles. The van der Waals surface area contributed by atoms with Gasteiger partial charge in [0.2, 0.25) is 5.95 Å². The summed E-state index contributed by atoms with van der Waals surface area (Å²) in [5.41, 5.74) is 2.05. The van der Waals surface area contributed by atoms with Crippen LogP contribution in [0.1, 0.15) is 6.04 Å². The van der Waals surface area contributed by atoms with Gasteiger partial charge in [0.1, 0.15) is 0 Å². The number of aromatic amines is 1. The number of ether oxygens (including phenoxy) is 1. The molecule has 14 nitrogen and oxygen atoms in total. The summed E-state index contributed by atoms with van der Waals surface area (Å²) in [4.78, 5) is 58.0. The van der Waals surface area contributed by atoms with E-state index in [9.17, 15) is 19.0 Å². The molecule has 1 atom stereocenters. The summed E-state index contributed by atoms with van der Waals surface area (Å²) in [7, 11) is -10.6. The molecule has 2 aromatic rings. The van der Waals surface area contributed by atoms with Crippen LogP contribution in [0.25, 0.3) is 11.2 Å². The standard InChI is InChI=1S/C11H17N5O9P2/c1-5(3-25-11(26(19,20)21)27(22,23)24)6(2-17)16-4-13-7-8(16)14-10(12)15-9(7)18/h4,6,11,17H,1-3H2,(H2,19,20,21)(H2,22,23,24)(H3,12,14,15,18). The minimum absolute atomic E-state index is 0.00187. The number of aromatic nitrogens is 4. The van der Waals surface area contributed by atoms with Crippen molar-refractivity contribution in [3.8, 4) is 0 Å². The summed E-state index contributed by atoms with van der Waals surface area (Å²) in [5, 5.41) is 9.63. The molecule has 0 aromatic carbocycles. The number of nitrogens with zero attached hydrogens (tertiary/aromatic N) is 3. The lowest BCUT2D eigenvalue weighted by atomic mass is 10.1. The maximum atomic E-state index is 11.8. The monoisotopic (exact) mass is 425 g/mol. The Bertz CT molecular complexity index is 983. The molecule has 2 rings (SSSR count). The van der Waals surface area contributed by atoms with Crippen LogP contribution in [0.4, 0.5) is 5.95 Å². The van der Waals surface area contributed by atoms with E-state index in [4.69, 9.17) is 25.3 Å². The van der Waals surface area contributed by atoms with Crippen molar-refractivity contribution in [2.45, 2.75) is 11.6 Å². The van der Waals surface area contributed by atoms with E-state index in [0.717, 1.165) is 6.33 Å². The number of nitrogen functional groups attached to an aromatic ring is 1. The second kappa shape index (κ2) is 7.62. The quantitative estimate of drug-likeness (QED) is 0.188. The highest BCUT2D eigenvalue weighted by Crippen LogP contribution is 2.60. The highest BCUT2D eigenvalue weighted by atomic mass is 31.2. The van der Waals surface area contributed by atoms with Gasteiger partial charge < -0.3 is 39.7 Å². The SMILES string of the molecule is C=C(COC(P(=O)(O)O)P(=O)(O)O)C(CO)n1cnc2c(=O)[nH]c(N)nc21. The molecule has 0 saturated heterocycles. The minimum Gasteiger partial charge on any atom is -0.394 e. The smallest absolute Gasteiger partial charge is 0.366 e. The largest absolute Gasteiger partial charge is 0.394 e. The zero-order valence-corrected chi connectivity index (χ0v) is 15.3. The first-order valence-corrected chi connectivity index (χ1v) is 10.5. The molecular formula is C11H17N5O9P2. The van der Waals surface area contributed by atoms with E-state index in [1.807, 2.05) is 0 Å². The van der Waals surface area contributed by atoms with Crippen LogP contribution in [0.15, 0.2) is 23.3 Å². The van der Waals surface area contributed by atoms with E-state index in [1.165, 1.54) is 4.57 Å². The van der Waals surface area contributed by atoms with Crippen molar-refractivity contribution in [2.75, 3.05) is 18.9 Å². The summed E-state index contributed by atoms with van der Waals surface area (Å²) in [6, 6.07) is -1.03. The number of nitrogens with two attached hydrogens (primary N) is 1. The molecule has 0 bridgehead atoms. The van der Waals surface area contributed by atoms with E-state index in [0.29, 0.717) is 0 Å². The lowest BCUT2D eigenvalue weighted by molar-refractivity contribution is 0.121. The number of nitrogens with one attached hydrogen (secondary N) is 1. The zero-order chi connectivity index (χ0) is 20.6. The fraction of sp³-hybridized carbons (Fsp3) is 0.364. The normalized spacial score (nSPS) is 14.0. The molecule has 0 saturated carbocycles. The van der Waals surface area contributed by atoms with Gasteiger partial charge in [0.05, 0.1) is 25.6 Å². The third-order valence-electron chi connectivity index (χ3n) is 3.42. The van der Waals surface area contributed by atoms with Gasteiger partial charge in [-0.1, -0.05) is 6.58 Å². The molecule has 0 fully saturated rings. The molecule has 0 aliphatic heterocycles. The van der Waals surface area contributed by atoms with Crippen molar-refractivity contribution >= 4 is 32.3 Å². The van der Waals surface area contributed by atoms with Gasteiger partial charge in [-0.15, -0.1) is 0 Å². The van der Waals surface area contributed by atoms with Crippen molar-refractivity contribution in [3.05, 3.63) is 28.8 Å². The maximum Gasteiger partial charge on any atom is 0.366 e. The summed E-state index contributed by atoms with van der Waals surface area (Å²) in [5.74, 6) is -0.212. The molecule has 0 aliphatic rings. The maximum absolute atomic E-state index is 11.8. The number of aliphatic hydroxyl groups excluding tert-OH is 1. The Labute approximate surface area is 150 Å².